The van der Waals surface area contributed by atoms with E-state index in [1.165, 1.54) is 48.0 Å². The van der Waals surface area contributed by atoms with Gasteiger partial charge >= 0.3 is 11.9 Å². The lowest BCUT2D eigenvalue weighted by Gasteiger charge is -2.09. The number of hydrogen-bond donors (Lipinski definition) is 1. The molecule has 2 aromatic heterocycles. The Morgan fingerprint density at radius 1 is 0.648 bits per heavy atom. The molecule has 7 rings (SSSR count). The molecule has 15 heteroatoms. The normalized spacial score (nSPS) is 10.8. The Kier molecular flexibility index (Phi) is 12.8. The molecule has 0 spiro atoms. The second-order valence-electron chi connectivity index (χ2n) is 11.2. The van der Waals surface area contributed by atoms with E-state index in [2.05, 4.69) is 25.9 Å². The Morgan fingerprint density at radius 3 is 1.65 bits per heavy atom. The van der Waals surface area contributed by atoms with Crippen LogP contribution in [-0.2, 0) is 4.74 Å². The highest BCUT2D eigenvalue weighted by atomic mass is 79.9. The largest absolute Gasteiger partial charge is 0.478 e. The smallest absolute Gasteiger partial charge is 0.339 e. The van der Waals surface area contributed by atoms with Gasteiger partial charge in [0.2, 0.25) is 0 Å². The van der Waals surface area contributed by atoms with Crippen molar-refractivity contribution in [3.05, 3.63) is 148 Å². The third kappa shape index (κ3) is 8.99. The van der Waals surface area contributed by atoms with Crippen LogP contribution >= 0.6 is 96.6 Å². The summed E-state index contributed by atoms with van der Waals surface area (Å²) in [6.07, 6.45) is 0. The van der Waals surface area contributed by atoms with Gasteiger partial charge in [-0.25, -0.2) is 23.9 Å². The molecule has 0 radical (unpaired) electrons. The molecule has 0 atom stereocenters. The summed E-state index contributed by atoms with van der Waals surface area (Å²) in [7, 11) is 1.35. The average Bonchev–Trinajstić information content (AvgIpc) is 3.86. The minimum atomic E-state index is -1.16. The molecule has 0 saturated carbocycles. The van der Waals surface area contributed by atoms with Crippen LogP contribution in [0.25, 0.3) is 54.8 Å². The summed E-state index contributed by atoms with van der Waals surface area (Å²) in [5.74, 6) is -2.15. The van der Waals surface area contributed by atoms with Gasteiger partial charge < -0.3 is 9.84 Å². The minimum Gasteiger partial charge on any atom is -0.478 e. The van der Waals surface area contributed by atoms with E-state index in [4.69, 9.17) is 62.7 Å². The fourth-order valence-electron chi connectivity index (χ4n) is 5.11. The summed E-state index contributed by atoms with van der Waals surface area (Å²) in [5.41, 5.74) is 5.50. The predicted molar refractivity (Wildman–Crippen MR) is 222 cm³/mol. The monoisotopic (exact) mass is 918 g/mol. The zero-order chi connectivity index (χ0) is 38.7. The maximum Gasteiger partial charge on any atom is 0.339 e. The summed E-state index contributed by atoms with van der Waals surface area (Å²) in [6, 6.07) is 25.0. The summed E-state index contributed by atoms with van der Waals surface area (Å²) in [6.45, 7) is 0. The Morgan fingerprint density at radius 2 is 1.15 bits per heavy atom. The SMILES string of the molecule is COC(=O)c1cc(-c2nc(-c3ccc(Cl)c(Cl)c3)cs2)ccc1Br.O=C(O)c1cc(-c2nc(-c3ccc(Cl)c(Cl)c3)cs2)ccc1-c1ccc(Cl)cc1F. The zero-order valence-electron chi connectivity index (χ0n) is 27.3. The van der Waals surface area contributed by atoms with Crippen LogP contribution in [0.15, 0.2) is 106 Å². The van der Waals surface area contributed by atoms with E-state index in [-0.39, 0.29) is 21.7 Å². The number of halogens is 7. The molecular weight excluding hydrogens is 901 g/mol. The maximum atomic E-state index is 14.3. The Bertz CT molecular complexity index is 2560. The van der Waals surface area contributed by atoms with Crippen molar-refractivity contribution < 1.29 is 23.8 Å². The maximum absolute atomic E-state index is 14.3. The molecule has 7 aromatic rings. The number of ether oxygens (including phenoxy) is 1. The quantitative estimate of drug-likeness (QED) is 0.160. The van der Waals surface area contributed by atoms with E-state index >= 15 is 0 Å². The molecule has 0 aliphatic rings. The van der Waals surface area contributed by atoms with Gasteiger partial charge in [0.05, 0.1) is 49.7 Å². The van der Waals surface area contributed by atoms with Gasteiger partial charge in [0.25, 0.3) is 0 Å². The molecule has 0 bridgehead atoms. The summed E-state index contributed by atoms with van der Waals surface area (Å²) in [5, 5.41) is 17.0. The molecule has 0 unspecified atom stereocenters. The minimum absolute atomic E-state index is 0.0278. The molecule has 0 aliphatic carbocycles. The third-order valence-corrected chi connectivity index (χ3v) is 12.0. The van der Waals surface area contributed by atoms with Gasteiger partial charge in [0.1, 0.15) is 15.8 Å². The van der Waals surface area contributed by atoms with Crippen molar-refractivity contribution in [2.24, 2.45) is 0 Å². The molecule has 0 fully saturated rings. The van der Waals surface area contributed by atoms with Gasteiger partial charge in [-0.05, 0) is 82.2 Å². The highest BCUT2D eigenvalue weighted by molar-refractivity contribution is 9.10. The number of nitrogens with zero attached hydrogens (tertiary/aromatic N) is 2. The number of thiazole rings is 2. The van der Waals surface area contributed by atoms with Crippen LogP contribution < -0.4 is 0 Å². The summed E-state index contributed by atoms with van der Waals surface area (Å²) < 4.78 is 19.8. The highest BCUT2D eigenvalue weighted by Crippen LogP contribution is 2.37. The van der Waals surface area contributed by atoms with Crippen molar-refractivity contribution in [2.75, 3.05) is 7.11 Å². The van der Waals surface area contributed by atoms with Gasteiger partial charge in [0.15, 0.2) is 0 Å². The van der Waals surface area contributed by atoms with Crippen LogP contribution in [0, 0.1) is 5.82 Å². The van der Waals surface area contributed by atoms with Gasteiger partial charge in [-0.15, -0.1) is 22.7 Å². The fraction of sp³-hybridized carbons (Fsp3) is 0.0256. The number of carboxylic acids is 1. The van der Waals surface area contributed by atoms with Crippen molar-refractivity contribution in [3.63, 3.8) is 0 Å². The van der Waals surface area contributed by atoms with E-state index in [0.717, 1.165) is 33.5 Å². The number of carbonyl (C=O) groups is 2. The van der Waals surface area contributed by atoms with Crippen molar-refractivity contribution in [3.8, 4) is 54.8 Å². The van der Waals surface area contributed by atoms with E-state index in [0.29, 0.717) is 46.4 Å². The van der Waals surface area contributed by atoms with Crippen LogP contribution in [0.5, 0.6) is 0 Å². The molecule has 0 amide bonds. The number of methoxy groups -OCH3 is 1. The molecule has 2 heterocycles. The van der Waals surface area contributed by atoms with Crippen LogP contribution in [-0.4, -0.2) is 34.1 Å². The van der Waals surface area contributed by atoms with Crippen molar-refractivity contribution in [1.29, 1.82) is 0 Å². The van der Waals surface area contributed by atoms with E-state index in [1.54, 1.807) is 42.5 Å². The lowest BCUT2D eigenvalue weighted by Crippen LogP contribution is -2.02. The zero-order valence-corrected chi connectivity index (χ0v) is 34.3. The van der Waals surface area contributed by atoms with Crippen LogP contribution in [0.3, 0.4) is 0 Å². The van der Waals surface area contributed by atoms with Gasteiger partial charge in [-0.1, -0.05) is 88.3 Å². The molecule has 54 heavy (non-hydrogen) atoms. The first-order valence-corrected chi connectivity index (χ1v) is 19.8. The molecule has 5 aromatic carbocycles. The van der Waals surface area contributed by atoms with E-state index in [1.807, 2.05) is 35.0 Å². The number of carboxylic acid groups (broad SMARTS) is 1. The first-order chi connectivity index (χ1) is 25.8. The number of aromatic carboxylic acids is 1. The summed E-state index contributed by atoms with van der Waals surface area (Å²) >= 11 is 36.1. The van der Waals surface area contributed by atoms with Crippen LogP contribution in [0.2, 0.25) is 25.1 Å². The van der Waals surface area contributed by atoms with Gasteiger partial charge in [-0.2, -0.15) is 0 Å². The standard InChI is InChI=1S/C22H11Cl3FNO2S.C17H10BrCl2NO2S/c23-13-3-5-15(19(26)9-13)14-4-1-12(7-16(14)22(28)29)21-27-20(10-30-21)11-2-6-17(24)18(25)8-11;1-23-17(22)11-6-10(2-4-12(11)18)16-21-15(8-24-16)9-3-5-13(19)14(20)7-9/h1-10H,(H,28,29);2-8H,1H3. The average molecular weight is 922 g/mol. The van der Waals surface area contributed by atoms with Crippen LogP contribution in [0.4, 0.5) is 4.39 Å². The first kappa shape index (κ1) is 39.8. The highest BCUT2D eigenvalue weighted by Gasteiger charge is 2.19. The number of carbonyl (C=O) groups excluding carboxylic acids is 1. The lowest BCUT2D eigenvalue weighted by molar-refractivity contribution is 0.0598. The predicted octanol–water partition coefficient (Wildman–Crippen LogP) is 14.3. The summed E-state index contributed by atoms with van der Waals surface area (Å²) in [4.78, 5) is 32.9. The molecule has 272 valence electrons. The first-order valence-electron chi connectivity index (χ1n) is 15.4. The van der Waals surface area contributed by atoms with Gasteiger partial charge in [-0.3, -0.25) is 0 Å². The number of hydrogen-bond acceptors (Lipinski definition) is 7. The van der Waals surface area contributed by atoms with Crippen molar-refractivity contribution >= 4 is 109 Å². The Hall–Kier alpha value is -3.84. The lowest BCUT2D eigenvalue weighted by atomic mass is 9.97. The van der Waals surface area contributed by atoms with Crippen molar-refractivity contribution in [1.82, 2.24) is 9.97 Å². The topological polar surface area (TPSA) is 89.4 Å². The Labute approximate surface area is 349 Å². The van der Waals surface area contributed by atoms with E-state index in [9.17, 15) is 19.1 Å². The second-order valence-corrected chi connectivity index (χ2v) is 15.8. The number of rotatable bonds is 7. The third-order valence-electron chi connectivity index (χ3n) is 7.78. The van der Waals surface area contributed by atoms with Crippen LogP contribution in [0.1, 0.15) is 20.7 Å². The molecule has 1 N–H and O–H groups in total. The number of benzene rings is 5. The van der Waals surface area contributed by atoms with Crippen molar-refractivity contribution in [2.45, 2.75) is 0 Å². The fourth-order valence-corrected chi connectivity index (χ4v) is 7.93. The molecular formula is C39H21BrCl5FN2O4S2. The number of esters is 1. The molecule has 6 nitrogen and oxygen atoms in total. The molecule has 0 saturated heterocycles. The number of aromatic nitrogens is 2. The molecule has 0 aliphatic heterocycles. The van der Waals surface area contributed by atoms with E-state index < -0.39 is 17.8 Å². The second kappa shape index (κ2) is 17.3. The Balaban J connectivity index is 0.000000189. The van der Waals surface area contributed by atoms with Gasteiger partial charge in [0, 0.05) is 48.1 Å².